The number of hydrogen-bond acceptors (Lipinski definition) is 2. The van der Waals surface area contributed by atoms with Gasteiger partial charge in [0, 0.05) is 13.1 Å². The lowest BCUT2D eigenvalue weighted by Crippen LogP contribution is -2.21. The van der Waals surface area contributed by atoms with Gasteiger partial charge in [0.1, 0.15) is 16.7 Å². The van der Waals surface area contributed by atoms with Crippen molar-refractivity contribution in [1.29, 1.82) is 0 Å². The summed E-state index contributed by atoms with van der Waals surface area (Å²) >= 11 is 0. The van der Waals surface area contributed by atoms with Gasteiger partial charge in [-0.25, -0.2) is 8.51 Å². The van der Waals surface area contributed by atoms with Crippen LogP contribution >= 0.6 is 0 Å². The maximum absolute atomic E-state index is 11.9. The van der Waals surface area contributed by atoms with Crippen LogP contribution in [-0.4, -0.2) is 26.7 Å². The van der Waals surface area contributed by atoms with Crippen LogP contribution in [0.25, 0.3) is 0 Å². The van der Waals surface area contributed by atoms with Crippen molar-refractivity contribution in [3.63, 3.8) is 0 Å². The van der Waals surface area contributed by atoms with E-state index < -0.39 is 11.0 Å². The summed E-state index contributed by atoms with van der Waals surface area (Å²) < 4.78 is 13.9. The molecule has 0 saturated carbocycles. The van der Waals surface area contributed by atoms with Crippen molar-refractivity contribution in [2.45, 2.75) is 17.7 Å². The molecule has 1 fully saturated rings. The number of hydrogen-bond donors (Lipinski definition) is 1. The van der Waals surface area contributed by atoms with Gasteiger partial charge in [-0.2, -0.15) is 0 Å². The third-order valence-electron chi connectivity index (χ3n) is 2.34. The van der Waals surface area contributed by atoms with Crippen molar-refractivity contribution in [3.8, 4) is 5.75 Å². The molecule has 0 amide bonds. The van der Waals surface area contributed by atoms with E-state index in [-0.39, 0.29) is 5.75 Å². The van der Waals surface area contributed by atoms with Crippen LogP contribution in [0, 0.1) is 0 Å². The summed E-state index contributed by atoms with van der Waals surface area (Å²) in [6, 6.07) is 6.57. The zero-order valence-electron chi connectivity index (χ0n) is 7.85. The lowest BCUT2D eigenvalue weighted by Gasteiger charge is -2.13. The zero-order chi connectivity index (χ0) is 9.97. The Morgan fingerprint density at radius 1 is 1.14 bits per heavy atom. The van der Waals surface area contributed by atoms with Crippen molar-refractivity contribution < 1.29 is 9.32 Å². The summed E-state index contributed by atoms with van der Waals surface area (Å²) in [6.45, 7) is 1.82. The van der Waals surface area contributed by atoms with Gasteiger partial charge in [0.15, 0.2) is 0 Å². The maximum Gasteiger partial charge on any atom is 0.127 e. The fourth-order valence-corrected chi connectivity index (χ4v) is 2.82. The Balaban J connectivity index is 2.14. The first-order valence-electron chi connectivity index (χ1n) is 4.73. The molecule has 14 heavy (non-hydrogen) atoms. The van der Waals surface area contributed by atoms with E-state index in [2.05, 4.69) is 0 Å². The standard InChI is InChI=1S/C10H13NO2S/c12-9-3-5-10(6-4-9)14(13)11-7-1-2-8-11/h3-6,12H,1-2,7-8H2. The SMILES string of the molecule is O=S(c1ccc(O)cc1)N1CCCC1. The van der Waals surface area contributed by atoms with E-state index in [9.17, 15) is 4.21 Å². The van der Waals surface area contributed by atoms with Crippen molar-refractivity contribution >= 4 is 11.0 Å². The van der Waals surface area contributed by atoms with Gasteiger partial charge >= 0.3 is 0 Å². The van der Waals surface area contributed by atoms with Gasteiger partial charge in [-0.15, -0.1) is 0 Å². The maximum atomic E-state index is 11.9. The van der Waals surface area contributed by atoms with Crippen LogP contribution in [0.4, 0.5) is 0 Å². The van der Waals surface area contributed by atoms with E-state index in [4.69, 9.17) is 5.11 Å². The Morgan fingerprint density at radius 3 is 2.29 bits per heavy atom. The first kappa shape index (κ1) is 9.68. The summed E-state index contributed by atoms with van der Waals surface area (Å²) in [5.74, 6) is 0.215. The summed E-state index contributed by atoms with van der Waals surface area (Å²) in [5, 5.41) is 9.09. The van der Waals surface area contributed by atoms with Crippen molar-refractivity contribution in [2.75, 3.05) is 13.1 Å². The van der Waals surface area contributed by atoms with Crippen molar-refractivity contribution in [1.82, 2.24) is 4.31 Å². The predicted molar refractivity (Wildman–Crippen MR) is 55.3 cm³/mol. The minimum Gasteiger partial charge on any atom is -0.508 e. The van der Waals surface area contributed by atoms with E-state index >= 15 is 0 Å². The van der Waals surface area contributed by atoms with E-state index in [1.165, 1.54) is 0 Å². The number of nitrogens with zero attached hydrogens (tertiary/aromatic N) is 1. The minimum atomic E-state index is -1.04. The molecule has 4 heteroatoms. The van der Waals surface area contributed by atoms with Gasteiger partial charge in [-0.1, -0.05) is 0 Å². The molecule has 2 rings (SSSR count). The average molecular weight is 211 g/mol. The number of rotatable bonds is 2. The Kier molecular flexibility index (Phi) is 2.84. The minimum absolute atomic E-state index is 0.215. The summed E-state index contributed by atoms with van der Waals surface area (Å²) in [4.78, 5) is 0.768. The third kappa shape index (κ3) is 1.96. The van der Waals surface area contributed by atoms with Gasteiger partial charge in [0.25, 0.3) is 0 Å². The van der Waals surface area contributed by atoms with E-state index in [0.29, 0.717) is 0 Å². The Hall–Kier alpha value is -0.870. The van der Waals surface area contributed by atoms with Crippen LogP contribution in [0.1, 0.15) is 12.8 Å². The third-order valence-corrected chi connectivity index (χ3v) is 3.85. The van der Waals surface area contributed by atoms with Gasteiger partial charge in [0.2, 0.25) is 0 Å². The average Bonchev–Trinajstić information content (AvgIpc) is 2.71. The zero-order valence-corrected chi connectivity index (χ0v) is 8.67. The molecule has 1 aromatic rings. The molecule has 0 radical (unpaired) electrons. The van der Waals surface area contributed by atoms with Gasteiger partial charge in [-0.3, -0.25) is 0 Å². The second-order valence-corrected chi connectivity index (χ2v) is 4.87. The smallest absolute Gasteiger partial charge is 0.127 e. The van der Waals surface area contributed by atoms with E-state index in [1.807, 2.05) is 4.31 Å². The summed E-state index contributed by atoms with van der Waals surface area (Å²) in [7, 11) is -1.04. The highest BCUT2D eigenvalue weighted by Crippen LogP contribution is 2.18. The molecule has 0 aliphatic carbocycles. The van der Waals surface area contributed by atoms with Crippen LogP contribution in [-0.2, 0) is 11.0 Å². The summed E-state index contributed by atoms with van der Waals surface area (Å²) in [5.41, 5.74) is 0. The van der Waals surface area contributed by atoms with E-state index in [0.717, 1.165) is 30.8 Å². The Labute approximate surface area is 85.9 Å². The number of benzene rings is 1. The molecule has 1 heterocycles. The fourth-order valence-electron chi connectivity index (χ4n) is 1.57. The first-order valence-corrected chi connectivity index (χ1v) is 5.84. The molecular formula is C10H13NO2S. The molecule has 1 atom stereocenters. The Morgan fingerprint density at radius 2 is 1.71 bits per heavy atom. The lowest BCUT2D eigenvalue weighted by atomic mass is 10.3. The van der Waals surface area contributed by atoms with Gasteiger partial charge < -0.3 is 5.11 Å². The number of phenolic OH excluding ortho intramolecular Hbond substituents is 1. The molecule has 76 valence electrons. The number of phenols is 1. The van der Waals surface area contributed by atoms with Gasteiger partial charge in [0.05, 0.1) is 4.90 Å². The van der Waals surface area contributed by atoms with Crippen LogP contribution in [0.15, 0.2) is 29.2 Å². The topological polar surface area (TPSA) is 40.5 Å². The molecule has 1 aliphatic heterocycles. The molecule has 0 spiro atoms. The quantitative estimate of drug-likeness (QED) is 0.805. The van der Waals surface area contributed by atoms with Crippen LogP contribution in [0.5, 0.6) is 5.75 Å². The molecule has 1 N–H and O–H groups in total. The van der Waals surface area contributed by atoms with Gasteiger partial charge in [-0.05, 0) is 37.1 Å². The largest absolute Gasteiger partial charge is 0.508 e. The van der Waals surface area contributed by atoms with E-state index in [1.54, 1.807) is 24.3 Å². The lowest BCUT2D eigenvalue weighted by molar-refractivity contribution is 0.474. The van der Waals surface area contributed by atoms with Crippen molar-refractivity contribution in [2.24, 2.45) is 0 Å². The Bertz CT molecular complexity index is 330. The second-order valence-electron chi connectivity index (χ2n) is 3.38. The van der Waals surface area contributed by atoms with Crippen LogP contribution < -0.4 is 0 Å². The van der Waals surface area contributed by atoms with Crippen molar-refractivity contribution in [3.05, 3.63) is 24.3 Å². The molecule has 0 aromatic heterocycles. The van der Waals surface area contributed by atoms with Crippen LogP contribution in [0.3, 0.4) is 0 Å². The monoisotopic (exact) mass is 211 g/mol. The molecule has 3 nitrogen and oxygen atoms in total. The second kappa shape index (κ2) is 4.11. The van der Waals surface area contributed by atoms with Crippen LogP contribution in [0.2, 0.25) is 0 Å². The molecule has 1 saturated heterocycles. The molecule has 1 aliphatic rings. The molecule has 1 unspecified atom stereocenters. The highest BCUT2D eigenvalue weighted by molar-refractivity contribution is 7.82. The highest BCUT2D eigenvalue weighted by Gasteiger charge is 2.18. The first-order chi connectivity index (χ1) is 6.77. The predicted octanol–water partition coefficient (Wildman–Crippen LogP) is 1.51. The number of aromatic hydroxyl groups is 1. The molecular weight excluding hydrogens is 198 g/mol. The normalized spacial score (nSPS) is 19.7. The fraction of sp³-hybridized carbons (Fsp3) is 0.400. The molecule has 1 aromatic carbocycles. The molecule has 0 bridgehead atoms. The summed E-state index contributed by atoms with van der Waals surface area (Å²) in [6.07, 6.45) is 2.26. The highest BCUT2D eigenvalue weighted by atomic mass is 32.2.